The molecule has 0 bridgehead atoms. The number of hydrogen-bond donors (Lipinski definition) is 2. The molecular weight excluding hydrogens is 451 g/mol. The van der Waals surface area contributed by atoms with Crippen LogP contribution in [0.1, 0.15) is 4.88 Å². The number of nitrogens with one attached hydrogen (secondary N) is 1. The molecule has 3 heterocycles. The Morgan fingerprint density at radius 2 is 2.14 bits per heavy atom. The number of thioether (sulfide) groups is 1. The van der Waals surface area contributed by atoms with Crippen LogP contribution in [-0.2, 0) is 30.3 Å². The number of rotatable bonds is 7. The molecular formula is C16H14Cl2N2O6S2. The van der Waals surface area contributed by atoms with Crippen molar-refractivity contribution in [1.82, 2.24) is 10.2 Å². The van der Waals surface area contributed by atoms with Gasteiger partial charge in [-0.15, -0.1) is 23.1 Å². The van der Waals surface area contributed by atoms with Gasteiger partial charge in [-0.25, -0.2) is 9.59 Å². The van der Waals surface area contributed by atoms with Crippen LogP contribution in [0, 0.1) is 0 Å². The van der Waals surface area contributed by atoms with Gasteiger partial charge in [0.05, 0.1) is 6.42 Å². The third-order valence-corrected chi connectivity index (χ3v) is 6.62. The summed E-state index contributed by atoms with van der Waals surface area (Å²) in [4.78, 5) is 48.3. The van der Waals surface area contributed by atoms with Gasteiger partial charge in [-0.3, -0.25) is 14.5 Å². The Kier molecular flexibility index (Phi) is 6.54. The fraction of sp³-hybridized carbons (Fsp3) is 0.375. The highest BCUT2D eigenvalue weighted by Crippen LogP contribution is 2.40. The summed E-state index contributed by atoms with van der Waals surface area (Å²) < 4.78 is 4.87. The van der Waals surface area contributed by atoms with Gasteiger partial charge in [0.25, 0.3) is 5.91 Å². The van der Waals surface area contributed by atoms with Gasteiger partial charge in [-0.1, -0.05) is 29.3 Å². The third kappa shape index (κ3) is 4.29. The zero-order valence-corrected chi connectivity index (χ0v) is 17.2. The van der Waals surface area contributed by atoms with Crippen LogP contribution in [-0.4, -0.2) is 62.4 Å². The highest BCUT2D eigenvalue weighted by Gasteiger charge is 2.54. The number of carboxylic acid groups (broad SMARTS) is 1. The molecule has 1 aromatic rings. The van der Waals surface area contributed by atoms with Crippen LogP contribution in [0.4, 0.5) is 0 Å². The number of carbonyl (C=O) groups is 4. The largest absolute Gasteiger partial charge is 0.477 e. The molecule has 8 nitrogen and oxygen atoms in total. The zero-order chi connectivity index (χ0) is 20.4. The van der Waals surface area contributed by atoms with Gasteiger partial charge >= 0.3 is 11.9 Å². The summed E-state index contributed by atoms with van der Waals surface area (Å²) in [7, 11) is 0. The molecule has 0 aliphatic carbocycles. The van der Waals surface area contributed by atoms with Crippen molar-refractivity contribution in [3.05, 3.63) is 33.7 Å². The maximum Gasteiger partial charge on any atom is 0.352 e. The molecule has 0 aromatic carbocycles. The molecule has 2 N–H and O–H groups in total. The van der Waals surface area contributed by atoms with Gasteiger partial charge in [0.1, 0.15) is 23.7 Å². The second-order valence-electron chi connectivity index (χ2n) is 5.88. The molecule has 3 rings (SSSR count). The molecule has 0 spiro atoms. The molecule has 28 heavy (non-hydrogen) atoms. The van der Waals surface area contributed by atoms with Gasteiger partial charge < -0.3 is 15.2 Å². The molecule has 2 atom stereocenters. The normalized spacial score (nSPS) is 21.2. The summed E-state index contributed by atoms with van der Waals surface area (Å²) in [5.74, 6) is -2.83. The molecule has 0 saturated carbocycles. The molecule has 2 amide bonds. The molecule has 1 aromatic heterocycles. The molecule has 0 radical (unpaired) electrons. The second-order valence-corrected chi connectivity index (χ2v) is 9.11. The number of hydrogen-bond acceptors (Lipinski definition) is 7. The average molecular weight is 465 g/mol. The number of amides is 2. The first-order valence-electron chi connectivity index (χ1n) is 7.96. The number of β-lactam (4-membered cyclic amide) rings is 1. The van der Waals surface area contributed by atoms with E-state index in [1.807, 2.05) is 17.5 Å². The topological polar surface area (TPSA) is 113 Å². The van der Waals surface area contributed by atoms with Crippen molar-refractivity contribution in [2.24, 2.45) is 0 Å². The van der Waals surface area contributed by atoms with E-state index in [1.54, 1.807) is 0 Å². The fourth-order valence-electron chi connectivity index (χ4n) is 2.81. The molecule has 2 aliphatic heterocycles. The maximum absolute atomic E-state index is 12.5. The second kappa shape index (κ2) is 8.73. The lowest BCUT2D eigenvalue weighted by Crippen LogP contribution is -2.70. The van der Waals surface area contributed by atoms with E-state index in [0.29, 0.717) is 0 Å². The van der Waals surface area contributed by atoms with Crippen molar-refractivity contribution in [2.45, 2.75) is 22.7 Å². The van der Waals surface area contributed by atoms with E-state index in [4.69, 9.17) is 27.9 Å². The lowest BCUT2D eigenvalue weighted by molar-refractivity contribution is -0.151. The Labute approximate surface area is 177 Å². The van der Waals surface area contributed by atoms with Crippen LogP contribution in [0.5, 0.6) is 0 Å². The van der Waals surface area contributed by atoms with E-state index in [2.05, 4.69) is 5.32 Å². The number of carboxylic acids is 1. The predicted octanol–water partition coefficient (Wildman–Crippen LogP) is 1.38. The van der Waals surface area contributed by atoms with Crippen molar-refractivity contribution >= 4 is 70.1 Å². The highest BCUT2D eigenvalue weighted by molar-refractivity contribution is 8.00. The number of esters is 1. The Balaban J connectivity index is 1.68. The van der Waals surface area contributed by atoms with E-state index >= 15 is 0 Å². The lowest BCUT2D eigenvalue weighted by atomic mass is 10.0. The lowest BCUT2D eigenvalue weighted by Gasteiger charge is -2.49. The SMILES string of the molecule is O=C(Cc1cccs1)N[C@@H]1C(=O)N2C(C(=O)O)=C(COC(=O)C(Cl)Cl)CS[C@H]12. The van der Waals surface area contributed by atoms with Gasteiger partial charge in [0.2, 0.25) is 10.7 Å². The van der Waals surface area contributed by atoms with Crippen molar-refractivity contribution in [3.8, 4) is 0 Å². The number of halogens is 2. The summed E-state index contributed by atoms with van der Waals surface area (Å²) in [5.41, 5.74) is 0.0128. The summed E-state index contributed by atoms with van der Waals surface area (Å²) >= 11 is 13.5. The van der Waals surface area contributed by atoms with E-state index in [1.165, 1.54) is 23.1 Å². The highest BCUT2D eigenvalue weighted by atomic mass is 35.5. The van der Waals surface area contributed by atoms with Crippen LogP contribution in [0.2, 0.25) is 0 Å². The smallest absolute Gasteiger partial charge is 0.352 e. The van der Waals surface area contributed by atoms with Crippen LogP contribution in [0.3, 0.4) is 0 Å². The minimum atomic E-state index is -1.38. The number of aliphatic carboxylic acids is 1. The minimum absolute atomic E-state index is 0.152. The molecule has 150 valence electrons. The van der Waals surface area contributed by atoms with Crippen molar-refractivity contribution in [3.63, 3.8) is 0 Å². The van der Waals surface area contributed by atoms with Crippen LogP contribution >= 0.6 is 46.3 Å². The van der Waals surface area contributed by atoms with Crippen molar-refractivity contribution in [1.29, 1.82) is 0 Å². The first kappa shape index (κ1) is 21.0. The predicted molar refractivity (Wildman–Crippen MR) is 104 cm³/mol. The van der Waals surface area contributed by atoms with Crippen molar-refractivity contribution in [2.75, 3.05) is 12.4 Å². The van der Waals surface area contributed by atoms with Crippen molar-refractivity contribution < 1.29 is 29.0 Å². The van der Waals surface area contributed by atoms with Gasteiger partial charge in [-0.2, -0.15) is 0 Å². The molecule has 2 aliphatic rings. The Hall–Kier alpha value is -1.75. The zero-order valence-electron chi connectivity index (χ0n) is 14.1. The van der Waals surface area contributed by atoms with E-state index in [-0.39, 0.29) is 36.0 Å². The van der Waals surface area contributed by atoms with Gasteiger partial charge in [-0.05, 0) is 11.4 Å². The number of nitrogens with zero attached hydrogens (tertiary/aromatic N) is 1. The molecule has 1 fully saturated rings. The Morgan fingerprint density at radius 3 is 2.75 bits per heavy atom. The number of carbonyl (C=O) groups excluding carboxylic acids is 3. The fourth-order valence-corrected chi connectivity index (χ4v) is 4.97. The Morgan fingerprint density at radius 1 is 1.39 bits per heavy atom. The summed E-state index contributed by atoms with van der Waals surface area (Å²) in [6, 6.07) is 2.85. The summed E-state index contributed by atoms with van der Waals surface area (Å²) in [6.45, 7) is -0.338. The third-order valence-electron chi connectivity index (χ3n) is 4.05. The molecule has 0 unspecified atom stereocenters. The average Bonchev–Trinajstić information content (AvgIpc) is 3.15. The van der Waals surface area contributed by atoms with E-state index < -0.39 is 34.1 Å². The van der Waals surface area contributed by atoms with Crippen LogP contribution in [0.25, 0.3) is 0 Å². The van der Waals surface area contributed by atoms with Crippen LogP contribution in [0.15, 0.2) is 28.8 Å². The number of ether oxygens (including phenoxy) is 1. The number of thiophene rings is 1. The number of alkyl halides is 2. The van der Waals surface area contributed by atoms with E-state index in [9.17, 15) is 24.3 Å². The van der Waals surface area contributed by atoms with Crippen LogP contribution < -0.4 is 5.32 Å². The van der Waals surface area contributed by atoms with Gasteiger partial charge in [0, 0.05) is 16.2 Å². The molecule has 12 heteroatoms. The summed E-state index contributed by atoms with van der Waals surface area (Å²) in [6.07, 6.45) is 0.152. The molecule has 1 saturated heterocycles. The maximum atomic E-state index is 12.5. The quantitative estimate of drug-likeness (QED) is 0.355. The standard InChI is InChI=1S/C16H14Cl2N2O6S2/c17-12(18)16(25)26-5-7-6-28-14-10(13(22)20(14)11(7)15(23)24)19-9(21)4-8-2-1-3-27-8/h1-3,10,12,14H,4-6H2,(H,19,21)(H,23,24)/t10-,14-/m1/s1. The first-order valence-corrected chi connectivity index (χ1v) is 10.8. The van der Waals surface area contributed by atoms with E-state index in [0.717, 1.165) is 9.78 Å². The monoisotopic (exact) mass is 464 g/mol. The number of fused-ring (bicyclic) bond motifs is 1. The Bertz CT molecular complexity index is 842. The first-order chi connectivity index (χ1) is 13.3. The van der Waals surface area contributed by atoms with Gasteiger partial charge in [0.15, 0.2) is 0 Å². The minimum Gasteiger partial charge on any atom is -0.477 e. The summed E-state index contributed by atoms with van der Waals surface area (Å²) in [5, 5.41) is 13.5.